The molecule has 0 radical (unpaired) electrons. The smallest absolute Gasteiger partial charge is 0.283 e. The quantitative estimate of drug-likeness (QED) is 0.452. The fraction of sp³-hybridized carbons (Fsp3) is 0.0909. The van der Waals surface area contributed by atoms with Crippen LogP contribution >= 0.6 is 11.6 Å². The van der Waals surface area contributed by atoms with E-state index in [1.165, 1.54) is 36.7 Å². The van der Waals surface area contributed by atoms with E-state index >= 15 is 0 Å². The van der Waals surface area contributed by atoms with E-state index in [0.717, 1.165) is 4.90 Å². The molecule has 34 heavy (non-hydrogen) atoms. The normalized spacial score (nSPS) is 13.9. The van der Waals surface area contributed by atoms with Crippen LogP contribution in [0, 0.1) is 0 Å². The third-order valence-corrected chi connectivity index (χ3v) is 6.35. The molecule has 1 aliphatic heterocycles. The largest absolute Gasteiger partial charge is 0.492 e. The van der Waals surface area contributed by atoms with Crippen molar-refractivity contribution in [3.8, 4) is 5.75 Å². The lowest BCUT2D eigenvalue weighted by Crippen LogP contribution is -2.32. The predicted octanol–water partition coefficient (Wildman–Crippen LogP) is 3.11. The lowest BCUT2D eigenvalue weighted by molar-refractivity contribution is -0.120. The van der Waals surface area contributed by atoms with Crippen LogP contribution in [0.25, 0.3) is 0 Å². The molecule has 2 aromatic carbocycles. The Kier molecular flexibility index (Phi) is 6.48. The van der Waals surface area contributed by atoms with Crippen molar-refractivity contribution in [1.29, 1.82) is 0 Å². The number of sulfonamides is 1. The van der Waals surface area contributed by atoms with E-state index in [9.17, 15) is 18.0 Å². The molecule has 0 saturated heterocycles. The van der Waals surface area contributed by atoms with Gasteiger partial charge in [0.15, 0.2) is 0 Å². The lowest BCUT2D eigenvalue weighted by atomic mass is 10.2. The molecule has 1 aliphatic rings. The minimum atomic E-state index is -3.93. The molecule has 0 bridgehead atoms. The molecule has 0 unspecified atom stereocenters. The number of rotatable bonds is 8. The zero-order valence-corrected chi connectivity index (χ0v) is 19.3. The average Bonchev–Trinajstić information content (AvgIpc) is 3.03. The van der Waals surface area contributed by atoms with Gasteiger partial charge in [0.2, 0.25) is 5.95 Å². The van der Waals surface area contributed by atoms with Crippen molar-refractivity contribution in [3.05, 3.63) is 77.7 Å². The van der Waals surface area contributed by atoms with E-state index in [4.69, 9.17) is 16.3 Å². The molecule has 12 heteroatoms. The van der Waals surface area contributed by atoms with E-state index in [2.05, 4.69) is 20.0 Å². The number of nitrogens with zero attached hydrogens (tertiary/aromatic N) is 3. The van der Waals surface area contributed by atoms with Crippen molar-refractivity contribution in [3.63, 3.8) is 0 Å². The molecule has 0 atom stereocenters. The minimum Gasteiger partial charge on any atom is -0.492 e. The van der Waals surface area contributed by atoms with E-state index in [1.54, 1.807) is 37.3 Å². The van der Waals surface area contributed by atoms with Gasteiger partial charge in [-0.25, -0.2) is 28.0 Å². The molecule has 174 valence electrons. The second-order valence-electron chi connectivity index (χ2n) is 6.86. The maximum absolute atomic E-state index is 13.0. The second kappa shape index (κ2) is 9.49. The highest BCUT2D eigenvalue weighted by atomic mass is 35.5. The number of amides is 2. The number of hydrogen-bond acceptors (Lipinski definition) is 8. The molecule has 2 amide bonds. The number of benzene rings is 2. The van der Waals surface area contributed by atoms with Crippen LogP contribution in [-0.2, 0) is 19.6 Å². The predicted molar refractivity (Wildman–Crippen MR) is 126 cm³/mol. The summed E-state index contributed by atoms with van der Waals surface area (Å²) in [7, 11) is -3.93. The fourth-order valence-corrected chi connectivity index (χ4v) is 4.31. The topological polar surface area (TPSA) is 131 Å². The molecular formula is C22H18ClN5O5S. The van der Waals surface area contributed by atoms with Gasteiger partial charge in [-0.3, -0.25) is 9.59 Å². The number of aromatic nitrogens is 2. The van der Waals surface area contributed by atoms with Gasteiger partial charge in [-0.15, -0.1) is 0 Å². The van der Waals surface area contributed by atoms with Crippen LogP contribution in [0.15, 0.2) is 82.6 Å². The van der Waals surface area contributed by atoms with Crippen LogP contribution in [0.1, 0.15) is 6.92 Å². The Morgan fingerprint density at radius 1 is 0.971 bits per heavy atom. The number of imide groups is 1. The summed E-state index contributed by atoms with van der Waals surface area (Å²) in [5, 5.41) is 2.51. The summed E-state index contributed by atoms with van der Waals surface area (Å²) < 4.78 is 32.9. The van der Waals surface area contributed by atoms with E-state index < -0.39 is 21.8 Å². The molecule has 4 rings (SSSR count). The van der Waals surface area contributed by atoms with Gasteiger partial charge in [-0.05, 0) is 49.4 Å². The standard InChI is InChI=1S/C22H18ClN5O5S/c1-2-33-17-7-4-3-6-16(17)28-20(29)18(23)19(21(28)30)26-14-8-10-15(11-9-14)34(31,32)27-22-24-12-5-13-25-22/h3-13,26H,2H2,1H3,(H,24,25,27). The van der Waals surface area contributed by atoms with Crippen molar-refractivity contribution in [1.82, 2.24) is 9.97 Å². The number of anilines is 3. The van der Waals surface area contributed by atoms with Crippen molar-refractivity contribution in [2.45, 2.75) is 11.8 Å². The second-order valence-corrected chi connectivity index (χ2v) is 8.92. The maximum atomic E-state index is 13.0. The van der Waals surface area contributed by atoms with Gasteiger partial charge in [0, 0.05) is 18.1 Å². The highest BCUT2D eigenvalue weighted by Crippen LogP contribution is 2.35. The Morgan fingerprint density at radius 2 is 1.65 bits per heavy atom. The van der Waals surface area contributed by atoms with Crippen LogP contribution < -0.4 is 19.7 Å². The zero-order valence-electron chi connectivity index (χ0n) is 17.7. The van der Waals surface area contributed by atoms with Crippen molar-refractivity contribution >= 4 is 50.8 Å². The molecular weight excluding hydrogens is 482 g/mol. The Balaban J connectivity index is 1.54. The van der Waals surface area contributed by atoms with Crippen molar-refractivity contribution in [2.75, 3.05) is 21.5 Å². The van der Waals surface area contributed by atoms with Gasteiger partial charge >= 0.3 is 0 Å². The monoisotopic (exact) mass is 499 g/mol. The number of carbonyl (C=O) groups is 2. The first-order valence-corrected chi connectivity index (χ1v) is 11.8. The molecule has 3 aromatic rings. The van der Waals surface area contributed by atoms with E-state index in [1.807, 2.05) is 0 Å². The fourth-order valence-electron chi connectivity index (χ4n) is 3.14. The molecule has 0 aliphatic carbocycles. The van der Waals surface area contributed by atoms with Crippen molar-refractivity contribution < 1.29 is 22.7 Å². The molecule has 1 aromatic heterocycles. The molecule has 0 saturated carbocycles. The Morgan fingerprint density at radius 3 is 2.32 bits per heavy atom. The van der Waals surface area contributed by atoms with Crippen LogP contribution in [0.4, 0.5) is 17.3 Å². The summed E-state index contributed by atoms with van der Waals surface area (Å²) >= 11 is 6.19. The summed E-state index contributed by atoms with van der Waals surface area (Å²) in [5.74, 6) is -1.07. The first-order valence-electron chi connectivity index (χ1n) is 9.99. The van der Waals surface area contributed by atoms with Gasteiger partial charge in [-0.1, -0.05) is 23.7 Å². The molecule has 2 N–H and O–H groups in total. The number of halogens is 1. The molecule has 2 heterocycles. The van der Waals surface area contributed by atoms with Crippen LogP contribution in [-0.4, -0.2) is 36.8 Å². The Hall–Kier alpha value is -3.96. The number of ether oxygens (including phenoxy) is 1. The molecule has 0 fully saturated rings. The van der Waals surface area contributed by atoms with Crippen LogP contribution in [0.2, 0.25) is 0 Å². The number of para-hydroxylation sites is 2. The highest BCUT2D eigenvalue weighted by Gasteiger charge is 2.40. The maximum Gasteiger partial charge on any atom is 0.283 e. The van der Waals surface area contributed by atoms with Crippen LogP contribution in [0.5, 0.6) is 5.75 Å². The van der Waals surface area contributed by atoms with Gasteiger partial charge in [-0.2, -0.15) is 0 Å². The summed E-state index contributed by atoms with van der Waals surface area (Å²) in [6.45, 7) is 2.13. The summed E-state index contributed by atoms with van der Waals surface area (Å²) in [5.41, 5.74) is 0.485. The SMILES string of the molecule is CCOc1ccccc1N1C(=O)C(Cl)=C(Nc2ccc(S(=O)(=O)Nc3ncccn3)cc2)C1=O. The minimum absolute atomic E-state index is 0.0494. The van der Waals surface area contributed by atoms with E-state index in [0.29, 0.717) is 18.0 Å². The summed E-state index contributed by atoms with van der Waals surface area (Å²) in [6.07, 6.45) is 2.82. The summed E-state index contributed by atoms with van der Waals surface area (Å²) in [6, 6.07) is 13.7. The third-order valence-electron chi connectivity index (χ3n) is 4.66. The average molecular weight is 500 g/mol. The molecule has 0 spiro atoms. The third kappa shape index (κ3) is 4.56. The number of hydrogen-bond donors (Lipinski definition) is 2. The van der Waals surface area contributed by atoms with Crippen molar-refractivity contribution in [2.24, 2.45) is 0 Å². The van der Waals surface area contributed by atoms with Gasteiger partial charge < -0.3 is 10.1 Å². The summed E-state index contributed by atoms with van der Waals surface area (Å²) in [4.78, 5) is 34.3. The lowest BCUT2D eigenvalue weighted by Gasteiger charge is -2.18. The van der Waals surface area contributed by atoms with Gasteiger partial charge in [0.05, 0.1) is 17.2 Å². The van der Waals surface area contributed by atoms with Gasteiger partial charge in [0.25, 0.3) is 21.8 Å². The number of nitrogens with one attached hydrogen (secondary N) is 2. The zero-order chi connectivity index (χ0) is 24.3. The van der Waals surface area contributed by atoms with Gasteiger partial charge in [0.1, 0.15) is 16.5 Å². The van der Waals surface area contributed by atoms with E-state index in [-0.39, 0.29) is 27.3 Å². The molecule has 10 nitrogen and oxygen atoms in total. The number of carbonyl (C=O) groups excluding carboxylic acids is 2. The Labute approximate surface area is 200 Å². The highest BCUT2D eigenvalue weighted by molar-refractivity contribution is 7.92. The first kappa shape index (κ1) is 23.2. The first-order chi connectivity index (χ1) is 16.3. The van der Waals surface area contributed by atoms with Crippen LogP contribution in [0.3, 0.4) is 0 Å². The Bertz CT molecular complexity index is 1380.